The lowest BCUT2D eigenvalue weighted by molar-refractivity contribution is -0.113. The van der Waals surface area contributed by atoms with Gasteiger partial charge in [-0.2, -0.15) is 0 Å². The molecular formula is C16H16Cl2N2OS. The van der Waals surface area contributed by atoms with Gasteiger partial charge in [-0.25, -0.2) is 4.98 Å². The molecule has 0 saturated carbocycles. The van der Waals surface area contributed by atoms with E-state index in [-0.39, 0.29) is 5.91 Å². The van der Waals surface area contributed by atoms with Crippen LogP contribution in [0.3, 0.4) is 0 Å². The van der Waals surface area contributed by atoms with Crippen LogP contribution in [0.5, 0.6) is 0 Å². The van der Waals surface area contributed by atoms with Crippen LogP contribution < -0.4 is 5.32 Å². The molecule has 0 bridgehead atoms. The predicted molar refractivity (Wildman–Crippen MR) is 94.3 cm³/mol. The Kier molecular flexibility index (Phi) is 5.73. The van der Waals surface area contributed by atoms with Crippen LogP contribution in [0, 0.1) is 20.8 Å². The minimum Gasteiger partial charge on any atom is -0.309 e. The van der Waals surface area contributed by atoms with Crippen LogP contribution in [0.15, 0.2) is 29.2 Å². The summed E-state index contributed by atoms with van der Waals surface area (Å²) in [4.78, 5) is 17.4. The molecule has 0 atom stereocenters. The highest BCUT2D eigenvalue weighted by molar-refractivity contribution is 8.00. The molecule has 1 heterocycles. The van der Waals surface area contributed by atoms with Gasteiger partial charge in [0.15, 0.2) is 5.82 Å². The van der Waals surface area contributed by atoms with Gasteiger partial charge in [0.05, 0.1) is 21.5 Å². The van der Waals surface area contributed by atoms with E-state index in [4.69, 9.17) is 23.2 Å². The molecule has 3 nitrogen and oxygen atoms in total. The zero-order valence-corrected chi connectivity index (χ0v) is 14.9. The summed E-state index contributed by atoms with van der Waals surface area (Å²) in [6.45, 7) is 5.82. The van der Waals surface area contributed by atoms with Gasteiger partial charge < -0.3 is 5.32 Å². The summed E-state index contributed by atoms with van der Waals surface area (Å²) in [5, 5.41) is 3.53. The summed E-state index contributed by atoms with van der Waals surface area (Å²) in [5.41, 5.74) is 2.96. The van der Waals surface area contributed by atoms with Crippen LogP contribution in [-0.4, -0.2) is 16.6 Å². The van der Waals surface area contributed by atoms with Gasteiger partial charge in [0.1, 0.15) is 0 Å². The summed E-state index contributed by atoms with van der Waals surface area (Å²) in [7, 11) is 0. The second-order valence-electron chi connectivity index (χ2n) is 4.99. The SMILES string of the molecule is Cc1ccc(C)c(SCC(=O)Nc2nc(C)c(Cl)cc2Cl)c1. The van der Waals surface area contributed by atoms with E-state index in [9.17, 15) is 4.79 Å². The van der Waals surface area contributed by atoms with Gasteiger partial charge >= 0.3 is 0 Å². The number of anilines is 1. The minimum absolute atomic E-state index is 0.151. The second kappa shape index (κ2) is 7.36. The molecule has 22 heavy (non-hydrogen) atoms. The van der Waals surface area contributed by atoms with E-state index in [1.807, 2.05) is 13.8 Å². The third-order valence-electron chi connectivity index (χ3n) is 3.07. The van der Waals surface area contributed by atoms with E-state index in [2.05, 4.69) is 28.5 Å². The summed E-state index contributed by atoms with van der Waals surface area (Å²) >= 11 is 13.5. The monoisotopic (exact) mass is 354 g/mol. The maximum absolute atomic E-state index is 12.1. The van der Waals surface area contributed by atoms with Crippen molar-refractivity contribution >= 4 is 46.7 Å². The molecule has 1 aromatic carbocycles. The largest absolute Gasteiger partial charge is 0.309 e. The molecule has 0 saturated heterocycles. The van der Waals surface area contributed by atoms with Gasteiger partial charge in [-0.1, -0.05) is 40.9 Å². The molecule has 0 aliphatic heterocycles. The van der Waals surface area contributed by atoms with Crippen molar-refractivity contribution in [1.29, 1.82) is 0 Å². The van der Waals surface area contributed by atoms with E-state index in [0.717, 1.165) is 10.5 Å². The molecular weight excluding hydrogens is 339 g/mol. The first-order valence-electron chi connectivity index (χ1n) is 6.69. The zero-order chi connectivity index (χ0) is 16.3. The molecule has 1 N–H and O–H groups in total. The Morgan fingerprint density at radius 2 is 1.91 bits per heavy atom. The Bertz CT molecular complexity index is 720. The third kappa shape index (κ3) is 4.38. The number of benzene rings is 1. The average molecular weight is 355 g/mol. The number of carbonyl (C=O) groups is 1. The van der Waals surface area contributed by atoms with E-state index >= 15 is 0 Å². The number of nitrogens with one attached hydrogen (secondary N) is 1. The standard InChI is InChI=1S/C16H16Cl2N2OS/c1-9-4-5-10(2)14(6-9)22-8-15(21)20-16-13(18)7-12(17)11(3)19-16/h4-7H,8H2,1-3H3,(H,19,20,21). The summed E-state index contributed by atoms with van der Waals surface area (Å²) in [6, 6.07) is 7.76. The number of amides is 1. The van der Waals surface area contributed by atoms with Gasteiger partial charge in [0.2, 0.25) is 5.91 Å². The van der Waals surface area contributed by atoms with E-state index < -0.39 is 0 Å². The number of rotatable bonds is 4. The summed E-state index contributed by atoms with van der Waals surface area (Å²) < 4.78 is 0. The van der Waals surface area contributed by atoms with E-state index in [1.165, 1.54) is 17.3 Å². The van der Waals surface area contributed by atoms with E-state index in [0.29, 0.717) is 27.3 Å². The maximum atomic E-state index is 12.1. The van der Waals surface area contributed by atoms with Gasteiger partial charge in [-0.05, 0) is 38.5 Å². The molecule has 0 aliphatic rings. The number of aryl methyl sites for hydroxylation is 3. The zero-order valence-electron chi connectivity index (χ0n) is 12.5. The quantitative estimate of drug-likeness (QED) is 0.781. The molecule has 2 rings (SSSR count). The van der Waals surface area contributed by atoms with Crippen molar-refractivity contribution in [1.82, 2.24) is 4.98 Å². The summed E-state index contributed by atoms with van der Waals surface area (Å²) in [6.07, 6.45) is 0. The number of carbonyl (C=O) groups excluding carboxylic acids is 1. The van der Waals surface area contributed by atoms with Crippen molar-refractivity contribution in [3.05, 3.63) is 51.1 Å². The normalized spacial score (nSPS) is 10.6. The predicted octanol–water partition coefficient (Wildman–Crippen LogP) is 5.04. The highest BCUT2D eigenvalue weighted by atomic mass is 35.5. The fourth-order valence-corrected chi connectivity index (χ4v) is 3.15. The van der Waals surface area contributed by atoms with Gasteiger partial charge in [0.25, 0.3) is 0 Å². The Hall–Kier alpha value is -1.23. The number of hydrogen-bond donors (Lipinski definition) is 1. The third-order valence-corrected chi connectivity index (χ3v) is 4.89. The smallest absolute Gasteiger partial charge is 0.235 e. The molecule has 6 heteroatoms. The van der Waals surface area contributed by atoms with Crippen molar-refractivity contribution in [2.45, 2.75) is 25.7 Å². The van der Waals surface area contributed by atoms with Crippen LogP contribution in [0.1, 0.15) is 16.8 Å². The Labute approximate surface area is 144 Å². The Morgan fingerprint density at radius 1 is 1.18 bits per heavy atom. The lowest BCUT2D eigenvalue weighted by Gasteiger charge is -2.09. The maximum Gasteiger partial charge on any atom is 0.235 e. The van der Waals surface area contributed by atoms with Crippen LogP contribution in [-0.2, 0) is 4.79 Å². The first-order valence-corrected chi connectivity index (χ1v) is 8.43. The number of aromatic nitrogens is 1. The number of halogens is 2. The summed E-state index contributed by atoms with van der Waals surface area (Å²) in [5.74, 6) is 0.487. The first-order chi connectivity index (χ1) is 10.4. The van der Waals surface area contributed by atoms with E-state index in [1.54, 1.807) is 13.0 Å². The van der Waals surface area contributed by atoms with Gasteiger partial charge in [-0.15, -0.1) is 11.8 Å². The molecule has 1 aromatic heterocycles. The lowest BCUT2D eigenvalue weighted by atomic mass is 10.2. The van der Waals surface area contributed by atoms with Gasteiger partial charge in [0, 0.05) is 4.90 Å². The number of nitrogens with zero attached hydrogens (tertiary/aromatic N) is 1. The van der Waals surface area contributed by atoms with Crippen LogP contribution in [0.25, 0.3) is 0 Å². The Morgan fingerprint density at radius 3 is 2.64 bits per heavy atom. The molecule has 0 fully saturated rings. The molecule has 2 aromatic rings. The fourth-order valence-electron chi connectivity index (χ4n) is 1.82. The molecule has 0 radical (unpaired) electrons. The highest BCUT2D eigenvalue weighted by Crippen LogP contribution is 2.27. The molecule has 0 aliphatic carbocycles. The van der Waals surface area contributed by atoms with Crippen molar-refractivity contribution in [3.8, 4) is 0 Å². The molecule has 0 unspecified atom stereocenters. The van der Waals surface area contributed by atoms with Gasteiger partial charge in [-0.3, -0.25) is 4.79 Å². The highest BCUT2D eigenvalue weighted by Gasteiger charge is 2.11. The second-order valence-corrected chi connectivity index (χ2v) is 6.82. The number of thioether (sulfide) groups is 1. The fraction of sp³-hybridized carbons (Fsp3) is 0.250. The molecule has 116 valence electrons. The van der Waals surface area contributed by atoms with Crippen LogP contribution >= 0.6 is 35.0 Å². The first kappa shape index (κ1) is 17.1. The molecule has 0 spiro atoms. The average Bonchev–Trinajstić information content (AvgIpc) is 2.45. The van der Waals surface area contributed by atoms with Crippen molar-refractivity contribution < 1.29 is 4.79 Å². The topological polar surface area (TPSA) is 42.0 Å². The van der Waals surface area contributed by atoms with Crippen LogP contribution in [0.4, 0.5) is 5.82 Å². The van der Waals surface area contributed by atoms with Crippen LogP contribution in [0.2, 0.25) is 10.0 Å². The Balaban J connectivity index is 2.02. The van der Waals surface area contributed by atoms with Crippen molar-refractivity contribution in [2.75, 3.05) is 11.1 Å². The number of pyridine rings is 1. The minimum atomic E-state index is -0.151. The van der Waals surface area contributed by atoms with Crippen molar-refractivity contribution in [3.63, 3.8) is 0 Å². The lowest BCUT2D eigenvalue weighted by Crippen LogP contribution is -2.15. The van der Waals surface area contributed by atoms with Crippen molar-refractivity contribution in [2.24, 2.45) is 0 Å². The number of hydrogen-bond acceptors (Lipinski definition) is 3. The molecule has 1 amide bonds.